The van der Waals surface area contributed by atoms with E-state index >= 15 is 0 Å². The van der Waals surface area contributed by atoms with Crippen LogP contribution in [-0.4, -0.2) is 80.7 Å². The maximum Gasteiger partial charge on any atom is 0.306 e. The lowest BCUT2D eigenvalue weighted by atomic mass is 10.1. The van der Waals surface area contributed by atoms with Gasteiger partial charge in [-0.3, -0.25) is 22.0 Å². The Balaban J connectivity index is 0.000000107. The van der Waals surface area contributed by atoms with E-state index in [0.717, 1.165) is 116 Å². The highest BCUT2D eigenvalue weighted by Crippen LogP contribution is 2.35. The molecule has 0 atom stereocenters. The molecule has 0 bridgehead atoms. The fraction of sp³-hybridized carbons (Fsp3) is 0.00870. The molecule has 0 spiro atoms. The fourth-order valence-corrected chi connectivity index (χ4v) is 37.6. The van der Waals surface area contributed by atoms with Gasteiger partial charge in [0.1, 0.15) is 18.4 Å². The topological polar surface area (TPSA) is 131 Å². The molecule has 20 heteroatoms. The number of rotatable bonds is 16. The maximum absolute atomic E-state index is 5.58. The molecule has 1 aliphatic heterocycles. The van der Waals surface area contributed by atoms with Crippen molar-refractivity contribution in [3.63, 3.8) is 0 Å². The monoisotopic (exact) mass is 1840 g/mol. The molecule has 0 aliphatic carbocycles. The van der Waals surface area contributed by atoms with Crippen molar-refractivity contribution in [2.75, 3.05) is 0 Å². The molecule has 640 valence electrons. The molecular formula is C115H78N12O2S3Si3. The molecule has 12 heterocycles. The standard InChI is InChI=1S/C43H30N4SSi.C42H28N4O2Si.C30H20N4S2Si/c1-3-12-34(13-4-1)49(35-14-5-2-6-15-35,36-16-7-10-30(26-36)32-19-21-38-40(28-32)46-23-9-18-42(46)44-38)37-17-8-11-31(27-37)33-20-22-39-41(29-33)47-24-25-48-43(47)45-39;1-3-11-33(12-4-1)49(34-13-5-2-6-14-34,35-15-7-9-29(25-35)31-17-19-37-39(27-31)45-21-23-47-41(45)43-37)36-16-8-10-30(26-36)32-18-20-38-40(28-32)46-22-24-48-42(46)44-38;1-3-7-21(8-4-1)37(22-9-5-2-6-10-22,23-11-13-25-27(19-23)33-15-17-35-29(33)31-25)24-12-14-26-28(20-24)34-16-18-36-30(34)32-26/h1-17,19-29H,18H2;1-28H;1-20H. The van der Waals surface area contributed by atoms with Crippen LogP contribution in [0.25, 0.3) is 143 Å². The summed E-state index contributed by atoms with van der Waals surface area (Å²) in [4.78, 5) is 31.8. The molecule has 135 heavy (non-hydrogen) atoms. The van der Waals surface area contributed by atoms with Gasteiger partial charge in [0.25, 0.3) is 0 Å². The van der Waals surface area contributed by atoms with Crippen molar-refractivity contribution in [1.82, 2.24) is 56.5 Å². The van der Waals surface area contributed by atoms with Gasteiger partial charge >= 0.3 is 11.7 Å². The van der Waals surface area contributed by atoms with Crippen LogP contribution < -0.4 is 62.2 Å². The summed E-state index contributed by atoms with van der Waals surface area (Å²) in [5.41, 5.74) is 22.0. The van der Waals surface area contributed by atoms with Gasteiger partial charge in [-0.2, -0.15) is 9.97 Å². The third-order valence-electron chi connectivity index (χ3n) is 27.1. The number of hydrogen-bond acceptors (Lipinski definition) is 11. The van der Waals surface area contributed by atoms with Crippen molar-refractivity contribution < 1.29 is 8.83 Å². The first-order chi connectivity index (χ1) is 66.8. The summed E-state index contributed by atoms with van der Waals surface area (Å²) in [6, 6.07) is 143. The second-order valence-electron chi connectivity index (χ2n) is 34.3. The molecule has 27 aromatic rings. The van der Waals surface area contributed by atoms with Crippen LogP contribution in [0.5, 0.6) is 0 Å². The van der Waals surface area contributed by atoms with Crippen LogP contribution in [0.2, 0.25) is 0 Å². The summed E-state index contributed by atoms with van der Waals surface area (Å²) >= 11 is 5.02. The molecule has 28 rings (SSSR count). The molecule has 0 saturated carbocycles. The number of imidazole rings is 6. The lowest BCUT2D eigenvalue weighted by molar-refractivity contribution is 0.596. The van der Waals surface area contributed by atoms with Gasteiger partial charge in [-0.15, -0.1) is 34.0 Å². The fourth-order valence-electron chi connectivity index (χ4n) is 21.0. The smallest absolute Gasteiger partial charge is 0.306 e. The van der Waals surface area contributed by atoms with Crippen molar-refractivity contribution in [2.45, 2.75) is 6.42 Å². The molecule has 0 radical (unpaired) electrons. The molecular weight excluding hydrogens is 1760 g/mol. The predicted molar refractivity (Wildman–Crippen MR) is 564 cm³/mol. The SMILES string of the molecule is C1=Cn2c(nc3ccc(-c4cccc([Si](c5ccccc5)(c5ccccc5)c5cccc(-c6ccc7nc8sccn8c7c6)c5)c4)cc32)C1.c1ccc([Si](c2ccccc2)(c2ccc3nc4sccn4c3c2)c2ccc3nc4sccn4c3c2)cc1.c1ccc([Si](c2ccccc2)(c2cccc(-c3ccc4nc5occn5c4c3)c2)c2cccc(-c3ccc4nc5occn5c4c3)c2)cc1. The van der Waals surface area contributed by atoms with Crippen LogP contribution in [0.4, 0.5) is 0 Å². The predicted octanol–water partition coefficient (Wildman–Crippen LogP) is 19.6. The van der Waals surface area contributed by atoms with Gasteiger partial charge in [-0.05, 0) is 180 Å². The molecule has 1 aliphatic rings. The number of thiazole rings is 3. The average Bonchev–Trinajstić information content (AvgIpc) is 1.58. The number of nitrogens with zero attached hydrogens (tertiary/aromatic N) is 12. The third kappa shape index (κ3) is 13.2. The van der Waals surface area contributed by atoms with Crippen LogP contribution in [0, 0.1) is 0 Å². The van der Waals surface area contributed by atoms with Crippen molar-refractivity contribution in [2.24, 2.45) is 0 Å². The summed E-state index contributed by atoms with van der Waals surface area (Å²) in [5, 5.41) is 22.4. The summed E-state index contributed by atoms with van der Waals surface area (Å²) in [5.74, 6) is 2.30. The summed E-state index contributed by atoms with van der Waals surface area (Å²) in [7, 11) is -8.34. The molecule has 11 aromatic heterocycles. The van der Waals surface area contributed by atoms with E-state index in [0.29, 0.717) is 11.7 Å². The molecule has 0 N–H and O–H groups in total. The third-order valence-corrected chi connectivity index (χ3v) is 43.7. The molecule has 0 amide bonds. The van der Waals surface area contributed by atoms with Crippen LogP contribution in [0.15, 0.2) is 463 Å². The van der Waals surface area contributed by atoms with Crippen LogP contribution in [-0.2, 0) is 6.42 Å². The minimum Gasteiger partial charge on any atom is -0.432 e. The number of oxazole rings is 2. The zero-order chi connectivity index (χ0) is 89.1. The number of hydrogen-bond donors (Lipinski definition) is 0. The van der Waals surface area contributed by atoms with Crippen molar-refractivity contribution in [3.05, 3.63) is 460 Å². The first kappa shape index (κ1) is 79.6. The maximum atomic E-state index is 5.58. The molecule has 0 fully saturated rings. The van der Waals surface area contributed by atoms with Crippen molar-refractivity contribution >= 4 is 219 Å². The summed E-state index contributed by atoms with van der Waals surface area (Å²) in [6.45, 7) is 0. The van der Waals surface area contributed by atoms with Gasteiger partial charge < -0.3 is 13.4 Å². The van der Waals surface area contributed by atoms with E-state index in [1.165, 1.54) is 84.5 Å². The Morgan fingerprint density at radius 3 is 0.822 bits per heavy atom. The first-order valence-corrected chi connectivity index (χ1v) is 53.7. The van der Waals surface area contributed by atoms with E-state index < -0.39 is 24.2 Å². The molecule has 14 nitrogen and oxygen atoms in total. The number of benzene rings is 16. The van der Waals surface area contributed by atoms with Crippen LogP contribution in [0.3, 0.4) is 0 Å². The van der Waals surface area contributed by atoms with Gasteiger partial charge in [0, 0.05) is 59.7 Å². The van der Waals surface area contributed by atoms with Crippen LogP contribution >= 0.6 is 34.0 Å². The minimum atomic E-state index is -2.84. The highest BCUT2D eigenvalue weighted by Gasteiger charge is 2.45. The molecule has 16 aromatic carbocycles. The van der Waals surface area contributed by atoms with E-state index in [9.17, 15) is 0 Å². The van der Waals surface area contributed by atoms with E-state index in [-0.39, 0.29) is 0 Å². The average molecular weight is 1840 g/mol. The second kappa shape index (κ2) is 32.6. The normalized spacial score (nSPS) is 12.4. The number of allylic oxidation sites excluding steroid dienone is 1. The lowest BCUT2D eigenvalue weighted by Crippen LogP contribution is -2.74. The van der Waals surface area contributed by atoms with Gasteiger partial charge in [0.05, 0.1) is 66.2 Å². The van der Waals surface area contributed by atoms with Gasteiger partial charge in [0.15, 0.2) is 39.1 Å². The van der Waals surface area contributed by atoms with E-state index in [2.05, 4.69) is 463 Å². The molecule has 0 unspecified atom stereocenters. The number of aromatic nitrogens is 12. The van der Waals surface area contributed by atoms with E-state index in [1.807, 2.05) is 21.2 Å². The Morgan fingerprint density at radius 1 is 0.222 bits per heavy atom. The zero-order valence-electron chi connectivity index (χ0n) is 72.5. The largest absolute Gasteiger partial charge is 0.432 e. The van der Waals surface area contributed by atoms with Gasteiger partial charge in [0.2, 0.25) is 0 Å². The van der Waals surface area contributed by atoms with Gasteiger partial charge in [-0.25, -0.2) is 19.9 Å². The Bertz CT molecular complexity index is 8840. The Hall–Kier alpha value is -16.3. The Labute approximate surface area is 789 Å². The minimum absolute atomic E-state index is 0.599. The van der Waals surface area contributed by atoms with Crippen molar-refractivity contribution in [3.8, 4) is 44.5 Å². The molecule has 0 saturated heterocycles. The van der Waals surface area contributed by atoms with Crippen molar-refractivity contribution in [1.29, 1.82) is 0 Å². The lowest BCUT2D eigenvalue weighted by Gasteiger charge is -2.35. The van der Waals surface area contributed by atoms with Gasteiger partial charge in [-0.1, -0.05) is 322 Å². The Kier molecular flexibility index (Phi) is 19.2. The summed E-state index contributed by atoms with van der Waals surface area (Å²) in [6.07, 6.45) is 18.8. The zero-order valence-corrected chi connectivity index (χ0v) is 77.9. The van der Waals surface area contributed by atoms with Crippen LogP contribution in [0.1, 0.15) is 5.82 Å². The summed E-state index contributed by atoms with van der Waals surface area (Å²) < 4.78 is 24.0. The Morgan fingerprint density at radius 2 is 0.489 bits per heavy atom. The highest BCUT2D eigenvalue weighted by atomic mass is 32.1. The van der Waals surface area contributed by atoms with E-state index in [1.54, 1.807) is 46.5 Å². The second-order valence-corrected chi connectivity index (χ2v) is 48.4. The highest BCUT2D eigenvalue weighted by molar-refractivity contribution is 7.21. The quantitative estimate of drug-likeness (QED) is 0.0690. The number of fused-ring (bicyclic) bond motifs is 18. The van der Waals surface area contributed by atoms with E-state index in [4.69, 9.17) is 28.8 Å². The first-order valence-electron chi connectivity index (χ1n) is 45.1.